The molecule has 3 rings (SSSR count). The number of carboxylic acids is 1. The van der Waals surface area contributed by atoms with Crippen molar-refractivity contribution in [3.8, 4) is 0 Å². The molecular weight excluding hydrogens is 412 g/mol. The Bertz CT molecular complexity index is 893. The van der Waals surface area contributed by atoms with Gasteiger partial charge in [-0.3, -0.25) is 4.79 Å². The summed E-state index contributed by atoms with van der Waals surface area (Å²) in [7, 11) is 0. The Morgan fingerprint density at radius 1 is 1.32 bits per heavy atom. The molecule has 0 radical (unpaired) electrons. The van der Waals surface area contributed by atoms with Gasteiger partial charge in [-0.2, -0.15) is 0 Å². The fraction of sp³-hybridized carbons (Fsp3) is 0.600. The minimum Gasteiger partial charge on any atom is -0.481 e. The van der Waals surface area contributed by atoms with Crippen molar-refractivity contribution in [2.45, 2.75) is 78.2 Å². The van der Waals surface area contributed by atoms with Crippen LogP contribution in [-0.2, 0) is 10.3 Å². The zero-order valence-electron chi connectivity index (χ0n) is 19.3. The van der Waals surface area contributed by atoms with Gasteiger partial charge in [0.15, 0.2) is 0 Å². The van der Waals surface area contributed by atoms with Crippen LogP contribution in [0, 0.1) is 11.3 Å². The number of rotatable bonds is 6. The average molecular weight is 447 g/mol. The van der Waals surface area contributed by atoms with Crippen LogP contribution in [0.2, 0.25) is 5.02 Å². The summed E-state index contributed by atoms with van der Waals surface area (Å²) in [6.45, 7) is 11.0. The third-order valence-corrected chi connectivity index (χ3v) is 7.23. The number of hydrogen-bond donors (Lipinski definition) is 2. The summed E-state index contributed by atoms with van der Waals surface area (Å²) < 4.78 is 0. The van der Waals surface area contributed by atoms with Crippen molar-refractivity contribution in [1.82, 2.24) is 10.2 Å². The lowest BCUT2D eigenvalue weighted by molar-refractivity contribution is -0.137. The maximum absolute atomic E-state index is 12.8. The molecule has 6 heteroatoms. The van der Waals surface area contributed by atoms with Gasteiger partial charge < -0.3 is 15.3 Å². The molecule has 0 bridgehead atoms. The van der Waals surface area contributed by atoms with Gasteiger partial charge in [0, 0.05) is 17.8 Å². The van der Waals surface area contributed by atoms with E-state index < -0.39 is 11.5 Å². The summed E-state index contributed by atoms with van der Waals surface area (Å²) >= 11 is 6.81. The molecule has 0 saturated heterocycles. The predicted molar refractivity (Wildman–Crippen MR) is 124 cm³/mol. The number of nitrogens with zero attached hydrogens (tertiary/aromatic N) is 1. The summed E-state index contributed by atoms with van der Waals surface area (Å²) in [6.07, 6.45) is 6.49. The molecule has 1 fully saturated rings. The van der Waals surface area contributed by atoms with Crippen molar-refractivity contribution in [2.75, 3.05) is 6.54 Å². The lowest BCUT2D eigenvalue weighted by Crippen LogP contribution is -2.55. The highest BCUT2D eigenvalue weighted by Crippen LogP contribution is 2.46. The quantitative estimate of drug-likeness (QED) is 0.540. The minimum atomic E-state index is -0.922. The van der Waals surface area contributed by atoms with Crippen LogP contribution in [0.4, 0.5) is 4.79 Å². The molecule has 5 nitrogen and oxygen atoms in total. The Morgan fingerprint density at radius 2 is 2.03 bits per heavy atom. The van der Waals surface area contributed by atoms with Crippen LogP contribution in [-0.4, -0.2) is 28.6 Å². The first-order valence-corrected chi connectivity index (χ1v) is 11.6. The van der Waals surface area contributed by atoms with E-state index in [-0.39, 0.29) is 24.9 Å². The zero-order chi connectivity index (χ0) is 23.0. The minimum absolute atomic E-state index is 0.0930. The molecule has 0 aromatic heterocycles. The number of carboxylic acid groups (broad SMARTS) is 1. The van der Waals surface area contributed by atoms with Crippen LogP contribution in [0.5, 0.6) is 0 Å². The maximum Gasteiger partial charge on any atom is 0.322 e. The molecule has 0 spiro atoms. The van der Waals surface area contributed by atoms with E-state index in [4.69, 9.17) is 16.7 Å². The largest absolute Gasteiger partial charge is 0.481 e. The first kappa shape index (κ1) is 23.6. The fourth-order valence-electron chi connectivity index (χ4n) is 5.19. The van der Waals surface area contributed by atoms with E-state index in [1.54, 1.807) is 0 Å². The molecule has 1 heterocycles. The van der Waals surface area contributed by atoms with Crippen molar-refractivity contribution in [2.24, 2.45) is 11.3 Å². The van der Waals surface area contributed by atoms with E-state index >= 15 is 0 Å². The van der Waals surface area contributed by atoms with Gasteiger partial charge in [0.25, 0.3) is 0 Å². The van der Waals surface area contributed by atoms with Crippen molar-refractivity contribution in [3.63, 3.8) is 0 Å². The number of halogens is 1. The normalized spacial score (nSPS) is 25.9. The number of amides is 2. The highest BCUT2D eigenvalue weighted by Gasteiger charge is 2.40. The molecule has 2 N–H and O–H groups in total. The van der Waals surface area contributed by atoms with Crippen LogP contribution in [0.15, 0.2) is 30.0 Å². The summed E-state index contributed by atoms with van der Waals surface area (Å²) in [5.74, 6) is -0.296. The molecule has 31 heavy (non-hydrogen) atoms. The molecule has 2 unspecified atom stereocenters. The molecule has 1 aliphatic heterocycles. The van der Waals surface area contributed by atoms with Gasteiger partial charge in [-0.05, 0) is 66.2 Å². The van der Waals surface area contributed by atoms with Gasteiger partial charge in [-0.15, -0.1) is 0 Å². The van der Waals surface area contributed by atoms with Gasteiger partial charge in [-0.25, -0.2) is 4.79 Å². The first-order valence-electron chi connectivity index (χ1n) is 11.3. The maximum atomic E-state index is 12.8. The lowest BCUT2D eigenvalue weighted by Gasteiger charge is -2.42. The van der Waals surface area contributed by atoms with Crippen LogP contribution >= 0.6 is 11.6 Å². The number of carbonyl (C=O) groups excluding carboxylic acids is 1. The Morgan fingerprint density at radius 3 is 2.61 bits per heavy atom. The topological polar surface area (TPSA) is 69.6 Å². The van der Waals surface area contributed by atoms with Gasteiger partial charge in [0.05, 0.1) is 12.0 Å². The number of carbonyl (C=O) groups is 2. The molecule has 1 aromatic rings. The fourth-order valence-corrected chi connectivity index (χ4v) is 5.53. The highest BCUT2D eigenvalue weighted by molar-refractivity contribution is 6.31. The van der Waals surface area contributed by atoms with Gasteiger partial charge in [0.2, 0.25) is 0 Å². The average Bonchev–Trinajstić information content (AvgIpc) is 2.66. The zero-order valence-corrected chi connectivity index (χ0v) is 20.1. The summed E-state index contributed by atoms with van der Waals surface area (Å²) in [6, 6.07) is 5.94. The molecule has 1 aliphatic carbocycles. The van der Waals surface area contributed by atoms with E-state index in [0.29, 0.717) is 11.3 Å². The van der Waals surface area contributed by atoms with Crippen molar-refractivity contribution >= 4 is 23.6 Å². The number of aliphatic carboxylic acids is 1. The predicted octanol–water partition coefficient (Wildman–Crippen LogP) is 6.28. The molecule has 2 amide bonds. The SMILES string of the molecule is CC(C)C1=CN(CCC(=O)O)C(=O)NC1(C)c1ccc(C2CCCC(C)(C)C2)c(Cl)c1. The van der Waals surface area contributed by atoms with E-state index in [2.05, 4.69) is 45.1 Å². The van der Waals surface area contributed by atoms with Crippen molar-refractivity contribution in [3.05, 3.63) is 46.1 Å². The molecule has 1 aromatic carbocycles. The van der Waals surface area contributed by atoms with Crippen molar-refractivity contribution in [1.29, 1.82) is 0 Å². The Hall–Kier alpha value is -2.01. The van der Waals surface area contributed by atoms with Gasteiger partial charge in [-0.1, -0.05) is 57.8 Å². The van der Waals surface area contributed by atoms with Gasteiger partial charge in [0.1, 0.15) is 0 Å². The van der Waals surface area contributed by atoms with Crippen LogP contribution in [0.1, 0.15) is 83.8 Å². The Kier molecular flexibility index (Phi) is 6.75. The Balaban J connectivity index is 1.93. The molecular formula is C25H35ClN2O3. The highest BCUT2D eigenvalue weighted by atomic mass is 35.5. The van der Waals surface area contributed by atoms with E-state index in [1.165, 1.54) is 23.3 Å². The number of urea groups is 1. The number of hydrogen-bond acceptors (Lipinski definition) is 2. The third-order valence-electron chi connectivity index (χ3n) is 6.90. The molecule has 2 atom stereocenters. The number of nitrogens with one attached hydrogen (secondary N) is 1. The molecule has 1 saturated carbocycles. The summed E-state index contributed by atoms with van der Waals surface area (Å²) in [4.78, 5) is 25.2. The third kappa shape index (κ3) is 5.08. The van der Waals surface area contributed by atoms with E-state index in [9.17, 15) is 9.59 Å². The molecule has 170 valence electrons. The van der Waals surface area contributed by atoms with Crippen LogP contribution < -0.4 is 5.32 Å². The Labute approximate surface area is 190 Å². The van der Waals surface area contributed by atoms with E-state index in [0.717, 1.165) is 29.0 Å². The second-order valence-electron chi connectivity index (χ2n) is 10.3. The standard InChI is InChI=1S/C25H35ClN2O3/c1-16(2)20-15-28(12-10-22(29)30)23(31)27-25(20,5)18-8-9-19(21(26)13-18)17-7-6-11-24(3,4)14-17/h8-9,13,15-17H,6-7,10-12,14H2,1-5H3,(H,27,31)(H,29,30). The summed E-state index contributed by atoms with van der Waals surface area (Å²) in [5, 5.41) is 12.9. The van der Waals surface area contributed by atoms with Crippen LogP contribution in [0.3, 0.4) is 0 Å². The molecule has 2 aliphatic rings. The lowest BCUT2D eigenvalue weighted by atomic mass is 9.70. The van der Waals surface area contributed by atoms with E-state index in [1.807, 2.05) is 19.2 Å². The number of benzene rings is 1. The van der Waals surface area contributed by atoms with Gasteiger partial charge >= 0.3 is 12.0 Å². The van der Waals surface area contributed by atoms with Crippen molar-refractivity contribution < 1.29 is 14.7 Å². The monoisotopic (exact) mass is 446 g/mol. The summed E-state index contributed by atoms with van der Waals surface area (Å²) in [5.41, 5.74) is 2.81. The first-order chi connectivity index (χ1) is 14.4. The second kappa shape index (κ2) is 8.85. The van der Waals surface area contributed by atoms with Crippen LogP contribution in [0.25, 0.3) is 0 Å². The second-order valence-corrected chi connectivity index (χ2v) is 10.7. The smallest absolute Gasteiger partial charge is 0.322 e.